The van der Waals surface area contributed by atoms with Crippen molar-refractivity contribution >= 4 is 26.8 Å². The topological polar surface area (TPSA) is 25.4 Å². The molecule has 0 radical (unpaired) electrons. The van der Waals surface area contributed by atoms with Crippen LogP contribution in [0, 0.1) is 5.92 Å². The van der Waals surface area contributed by atoms with Crippen molar-refractivity contribution in [3.63, 3.8) is 0 Å². The molecule has 0 saturated carbocycles. The Hall–Kier alpha value is -1.13. The van der Waals surface area contributed by atoms with Gasteiger partial charge in [0.1, 0.15) is 5.75 Å². The van der Waals surface area contributed by atoms with Gasteiger partial charge in [-0.15, -0.1) is 0 Å². The van der Waals surface area contributed by atoms with Crippen LogP contribution in [0.1, 0.15) is 6.42 Å². The van der Waals surface area contributed by atoms with Gasteiger partial charge in [-0.05, 0) is 44.3 Å². The second kappa shape index (κ2) is 5.47. The van der Waals surface area contributed by atoms with Crippen LogP contribution in [0.5, 0.6) is 5.75 Å². The first-order chi connectivity index (χ1) is 9.22. The third-order valence-corrected chi connectivity index (χ3v) is 4.12. The number of hydrogen-bond acceptors (Lipinski definition) is 3. The van der Waals surface area contributed by atoms with E-state index in [9.17, 15) is 0 Å². The number of rotatable bonds is 3. The van der Waals surface area contributed by atoms with Gasteiger partial charge in [-0.3, -0.25) is 4.98 Å². The molecular formula is C15H17BrN2O. The fourth-order valence-corrected chi connectivity index (χ4v) is 2.95. The highest BCUT2D eigenvalue weighted by molar-refractivity contribution is 9.10. The van der Waals surface area contributed by atoms with E-state index in [0.29, 0.717) is 5.92 Å². The lowest BCUT2D eigenvalue weighted by Crippen LogP contribution is -2.18. The normalized spacial score (nSPS) is 20.0. The Kier molecular flexibility index (Phi) is 3.71. The van der Waals surface area contributed by atoms with Gasteiger partial charge in [0.2, 0.25) is 0 Å². The lowest BCUT2D eigenvalue weighted by Gasteiger charge is -2.13. The minimum atomic E-state index is 0.639. The Balaban J connectivity index is 1.78. The molecular weight excluding hydrogens is 304 g/mol. The number of ether oxygens (including phenoxy) is 1. The van der Waals surface area contributed by atoms with Crippen LogP contribution in [-0.2, 0) is 0 Å². The third kappa shape index (κ3) is 2.90. The van der Waals surface area contributed by atoms with Crippen molar-refractivity contribution in [3.8, 4) is 5.75 Å². The van der Waals surface area contributed by atoms with Crippen molar-refractivity contribution in [2.24, 2.45) is 5.92 Å². The molecule has 3 rings (SSSR count). The Morgan fingerprint density at radius 2 is 2.32 bits per heavy atom. The minimum absolute atomic E-state index is 0.639. The van der Waals surface area contributed by atoms with E-state index in [1.807, 2.05) is 24.4 Å². The summed E-state index contributed by atoms with van der Waals surface area (Å²) in [4.78, 5) is 6.72. The van der Waals surface area contributed by atoms with Crippen molar-refractivity contribution in [1.29, 1.82) is 0 Å². The second-order valence-corrected chi connectivity index (χ2v) is 6.11. The van der Waals surface area contributed by atoms with E-state index in [1.165, 1.54) is 13.0 Å². The molecule has 2 aromatic rings. The zero-order chi connectivity index (χ0) is 13.2. The summed E-state index contributed by atoms with van der Waals surface area (Å²) in [6.07, 6.45) is 3.04. The summed E-state index contributed by atoms with van der Waals surface area (Å²) in [5, 5.41) is 1.07. The molecule has 100 valence electrons. The Morgan fingerprint density at radius 1 is 1.42 bits per heavy atom. The first kappa shape index (κ1) is 12.9. The lowest BCUT2D eigenvalue weighted by atomic mass is 10.1. The Bertz CT molecular complexity index is 587. The maximum absolute atomic E-state index is 6.02. The fourth-order valence-electron chi connectivity index (χ4n) is 2.59. The number of pyridine rings is 1. The summed E-state index contributed by atoms with van der Waals surface area (Å²) >= 11 is 3.50. The average molecular weight is 321 g/mol. The van der Waals surface area contributed by atoms with Gasteiger partial charge >= 0.3 is 0 Å². The molecule has 0 unspecified atom stereocenters. The van der Waals surface area contributed by atoms with Crippen LogP contribution in [0.4, 0.5) is 0 Å². The smallest absolute Gasteiger partial charge is 0.130 e. The number of benzene rings is 1. The maximum Gasteiger partial charge on any atom is 0.130 e. The monoisotopic (exact) mass is 320 g/mol. The van der Waals surface area contributed by atoms with Gasteiger partial charge in [-0.25, -0.2) is 0 Å². The summed E-state index contributed by atoms with van der Waals surface area (Å²) in [6, 6.07) is 8.03. The molecule has 19 heavy (non-hydrogen) atoms. The molecule has 2 heterocycles. The molecule has 1 aromatic heterocycles. The molecule has 1 aliphatic rings. The first-order valence-electron chi connectivity index (χ1n) is 6.58. The van der Waals surface area contributed by atoms with Crippen LogP contribution in [-0.4, -0.2) is 36.6 Å². The molecule has 0 bridgehead atoms. The number of aromatic nitrogens is 1. The fraction of sp³-hybridized carbons (Fsp3) is 0.400. The summed E-state index contributed by atoms with van der Waals surface area (Å²) < 4.78 is 7.07. The standard InChI is InChI=1S/C15H17BrN2O/c1-18-7-5-11(9-18)10-19-15-4-6-17-14-3-2-12(16)8-13(14)15/h2-4,6,8,11H,5,7,9-10H2,1H3/t11-/m1/s1. The predicted octanol–water partition coefficient (Wildman–Crippen LogP) is 3.33. The minimum Gasteiger partial charge on any atom is -0.492 e. The van der Waals surface area contributed by atoms with Crippen molar-refractivity contribution in [2.45, 2.75) is 6.42 Å². The lowest BCUT2D eigenvalue weighted by molar-refractivity contribution is 0.251. The second-order valence-electron chi connectivity index (χ2n) is 5.20. The average Bonchev–Trinajstić information content (AvgIpc) is 2.82. The summed E-state index contributed by atoms with van der Waals surface area (Å²) in [5.74, 6) is 1.57. The van der Waals surface area contributed by atoms with Gasteiger partial charge in [-0.2, -0.15) is 0 Å². The molecule has 3 nitrogen and oxygen atoms in total. The maximum atomic E-state index is 6.02. The van der Waals surface area contributed by atoms with Gasteiger partial charge in [0.05, 0.1) is 12.1 Å². The number of nitrogens with zero attached hydrogens (tertiary/aromatic N) is 2. The van der Waals surface area contributed by atoms with Crippen LogP contribution in [0.2, 0.25) is 0 Å². The molecule has 1 aromatic carbocycles. The van der Waals surface area contributed by atoms with Gasteiger partial charge in [0.25, 0.3) is 0 Å². The van der Waals surface area contributed by atoms with E-state index in [4.69, 9.17) is 4.74 Å². The van der Waals surface area contributed by atoms with E-state index >= 15 is 0 Å². The quantitative estimate of drug-likeness (QED) is 0.867. The van der Waals surface area contributed by atoms with E-state index in [2.05, 4.69) is 38.9 Å². The summed E-state index contributed by atoms with van der Waals surface area (Å²) in [7, 11) is 2.17. The Morgan fingerprint density at radius 3 is 3.11 bits per heavy atom. The van der Waals surface area contributed by atoms with Crippen LogP contribution in [0.15, 0.2) is 34.9 Å². The Labute approximate surface area is 121 Å². The molecule has 0 amide bonds. The summed E-state index contributed by atoms with van der Waals surface area (Å²) in [5.41, 5.74) is 0.976. The summed E-state index contributed by atoms with van der Waals surface area (Å²) in [6.45, 7) is 3.10. The number of hydrogen-bond donors (Lipinski definition) is 0. The van der Waals surface area contributed by atoms with Crippen LogP contribution in [0.25, 0.3) is 10.9 Å². The SMILES string of the molecule is CN1CC[C@@H](COc2ccnc3ccc(Br)cc23)C1. The van der Waals surface area contributed by atoms with E-state index in [1.54, 1.807) is 0 Å². The van der Waals surface area contributed by atoms with Crippen molar-refractivity contribution in [2.75, 3.05) is 26.7 Å². The highest BCUT2D eigenvalue weighted by atomic mass is 79.9. The van der Waals surface area contributed by atoms with Gasteiger partial charge in [-0.1, -0.05) is 15.9 Å². The van der Waals surface area contributed by atoms with E-state index in [0.717, 1.165) is 34.3 Å². The van der Waals surface area contributed by atoms with Crippen LogP contribution >= 0.6 is 15.9 Å². The van der Waals surface area contributed by atoms with Crippen LogP contribution in [0.3, 0.4) is 0 Å². The number of fused-ring (bicyclic) bond motifs is 1. The number of likely N-dealkylation sites (tertiary alicyclic amines) is 1. The molecule has 1 fully saturated rings. The zero-order valence-corrected chi connectivity index (χ0v) is 12.6. The first-order valence-corrected chi connectivity index (χ1v) is 7.37. The molecule has 1 atom stereocenters. The molecule has 1 aliphatic heterocycles. The van der Waals surface area contributed by atoms with E-state index in [-0.39, 0.29) is 0 Å². The molecule has 4 heteroatoms. The number of halogens is 1. The van der Waals surface area contributed by atoms with Crippen molar-refractivity contribution in [1.82, 2.24) is 9.88 Å². The molecule has 0 aliphatic carbocycles. The van der Waals surface area contributed by atoms with Gasteiger partial charge in [0.15, 0.2) is 0 Å². The highest BCUT2D eigenvalue weighted by Gasteiger charge is 2.20. The molecule has 0 spiro atoms. The zero-order valence-electron chi connectivity index (χ0n) is 11.0. The van der Waals surface area contributed by atoms with E-state index < -0.39 is 0 Å². The van der Waals surface area contributed by atoms with Crippen molar-refractivity contribution in [3.05, 3.63) is 34.9 Å². The van der Waals surface area contributed by atoms with Crippen LogP contribution < -0.4 is 4.74 Å². The third-order valence-electron chi connectivity index (χ3n) is 3.63. The largest absolute Gasteiger partial charge is 0.492 e. The molecule has 0 N–H and O–H groups in total. The highest BCUT2D eigenvalue weighted by Crippen LogP contribution is 2.27. The van der Waals surface area contributed by atoms with Crippen molar-refractivity contribution < 1.29 is 4.74 Å². The van der Waals surface area contributed by atoms with Gasteiger partial charge in [0, 0.05) is 28.5 Å². The van der Waals surface area contributed by atoms with Gasteiger partial charge < -0.3 is 9.64 Å². The molecule has 1 saturated heterocycles. The predicted molar refractivity (Wildman–Crippen MR) is 80.5 cm³/mol.